The number of anilines is 1. The molecular weight excluding hydrogens is 540 g/mol. The number of nitrogens with zero attached hydrogens (tertiary/aromatic N) is 5. The highest BCUT2D eigenvalue weighted by Gasteiger charge is 2.54. The van der Waals surface area contributed by atoms with E-state index in [2.05, 4.69) is 20.6 Å². The summed E-state index contributed by atoms with van der Waals surface area (Å²) in [5.41, 5.74) is 2.14. The number of methoxy groups -OCH3 is 1. The Morgan fingerprint density at radius 3 is 2.74 bits per heavy atom. The number of carbonyl (C=O) groups is 1. The van der Waals surface area contributed by atoms with Gasteiger partial charge in [-0.05, 0) is 47.3 Å². The standard InChI is InChI=1S/C25H30N8O4S2/c1-5-33(39(35,36)22-14-31(2)15-28-22)13-21-25(30-24(26)32(3)38-21)11-16-6-7-17(10-19(16)25)29-23(34)20-9-8-18(37-4)12-27-20/h6-10,12,14-15,21H,5,11,13H2,1-4H3,(H2,26,30)(H,29,34)/t21?,25-/m1/s1. The molecular formula is C25H30N8O4S2. The van der Waals surface area contributed by atoms with Gasteiger partial charge >= 0.3 is 0 Å². The second-order valence-corrected chi connectivity index (χ2v) is 12.7. The lowest BCUT2D eigenvalue weighted by Gasteiger charge is -2.54. The van der Waals surface area contributed by atoms with Crippen molar-refractivity contribution in [2.75, 3.05) is 32.6 Å². The summed E-state index contributed by atoms with van der Waals surface area (Å²) in [5, 5.41) is 14.5. The molecule has 12 nitrogen and oxygen atoms in total. The Kier molecular flexibility index (Phi) is 7.03. The maximum absolute atomic E-state index is 13.4. The summed E-state index contributed by atoms with van der Waals surface area (Å²) >= 11 is 1.43. The first-order chi connectivity index (χ1) is 18.6. The Bertz CT molecular complexity index is 1530. The first-order valence-electron chi connectivity index (χ1n) is 12.3. The van der Waals surface area contributed by atoms with Crippen LogP contribution in [0.1, 0.15) is 28.5 Å². The first-order valence-corrected chi connectivity index (χ1v) is 14.5. The van der Waals surface area contributed by atoms with Crippen molar-refractivity contribution in [3.63, 3.8) is 0 Å². The highest BCUT2D eigenvalue weighted by Crippen LogP contribution is 2.49. The van der Waals surface area contributed by atoms with Crippen molar-refractivity contribution >= 4 is 39.5 Å². The van der Waals surface area contributed by atoms with E-state index >= 15 is 0 Å². The fourth-order valence-electron chi connectivity index (χ4n) is 4.87. The van der Waals surface area contributed by atoms with Crippen LogP contribution in [-0.4, -0.2) is 75.9 Å². The maximum Gasteiger partial charge on any atom is 0.274 e. The van der Waals surface area contributed by atoms with Crippen LogP contribution in [0, 0.1) is 5.41 Å². The molecule has 0 saturated carbocycles. The maximum atomic E-state index is 13.4. The van der Waals surface area contributed by atoms with E-state index in [0.29, 0.717) is 17.9 Å². The predicted molar refractivity (Wildman–Crippen MR) is 148 cm³/mol. The van der Waals surface area contributed by atoms with Crippen molar-refractivity contribution < 1.29 is 17.9 Å². The molecule has 1 fully saturated rings. The molecule has 39 heavy (non-hydrogen) atoms. The van der Waals surface area contributed by atoms with Gasteiger partial charge in [-0.25, -0.2) is 18.4 Å². The molecule has 1 aromatic carbocycles. The van der Waals surface area contributed by atoms with Crippen LogP contribution in [0.5, 0.6) is 5.75 Å². The van der Waals surface area contributed by atoms with E-state index in [0.717, 1.165) is 11.1 Å². The van der Waals surface area contributed by atoms with E-state index < -0.39 is 15.6 Å². The van der Waals surface area contributed by atoms with E-state index in [9.17, 15) is 13.2 Å². The summed E-state index contributed by atoms with van der Waals surface area (Å²) in [4.78, 5) is 21.1. The molecule has 206 valence electrons. The zero-order chi connectivity index (χ0) is 27.9. The number of aromatic nitrogens is 3. The van der Waals surface area contributed by atoms with E-state index in [1.54, 1.807) is 42.0 Å². The number of nitrogens with one attached hydrogen (secondary N) is 3. The molecule has 1 amide bonds. The molecule has 14 heteroatoms. The van der Waals surface area contributed by atoms with Crippen molar-refractivity contribution in [3.8, 4) is 5.75 Å². The number of hydrogen-bond acceptors (Lipinski definition) is 8. The summed E-state index contributed by atoms with van der Waals surface area (Å²) < 4.78 is 36.7. The molecule has 3 heterocycles. The first kappa shape index (κ1) is 27.0. The van der Waals surface area contributed by atoms with Crippen molar-refractivity contribution in [3.05, 3.63) is 65.9 Å². The zero-order valence-electron chi connectivity index (χ0n) is 22.0. The lowest BCUT2D eigenvalue weighted by atomic mass is 9.68. The van der Waals surface area contributed by atoms with E-state index in [4.69, 9.17) is 10.1 Å². The summed E-state index contributed by atoms with van der Waals surface area (Å²) in [6, 6.07) is 8.93. The van der Waals surface area contributed by atoms with Crippen LogP contribution >= 0.6 is 11.9 Å². The molecule has 3 aromatic rings. The number of imidazole rings is 1. The van der Waals surface area contributed by atoms with Crippen molar-refractivity contribution in [2.45, 2.75) is 29.2 Å². The smallest absolute Gasteiger partial charge is 0.274 e. The SMILES string of the molecule is CCN(CC1SN(C)C(=N)N[C@@]12Cc1ccc(NC(=O)c3ccc(OC)cn3)cc12)S(=O)(=O)c1cn(C)cn1. The topological polar surface area (TPSA) is 146 Å². The van der Waals surface area contributed by atoms with Gasteiger partial charge < -0.3 is 19.9 Å². The Morgan fingerprint density at radius 2 is 2.10 bits per heavy atom. The van der Waals surface area contributed by atoms with Gasteiger partial charge in [-0.2, -0.15) is 4.31 Å². The van der Waals surface area contributed by atoms with Crippen LogP contribution in [0.2, 0.25) is 0 Å². The van der Waals surface area contributed by atoms with Crippen LogP contribution in [0.4, 0.5) is 5.69 Å². The van der Waals surface area contributed by atoms with Crippen LogP contribution < -0.4 is 15.4 Å². The van der Waals surface area contributed by atoms with Crippen molar-refractivity contribution in [2.24, 2.45) is 7.05 Å². The number of ether oxygens (including phenoxy) is 1. The zero-order valence-corrected chi connectivity index (χ0v) is 23.6. The quantitative estimate of drug-likeness (QED) is 0.346. The highest BCUT2D eigenvalue weighted by molar-refractivity contribution is 7.98. The Labute approximate surface area is 231 Å². The molecule has 2 atom stereocenters. The number of sulfonamides is 1. The minimum absolute atomic E-state index is 0.00177. The molecule has 2 aromatic heterocycles. The van der Waals surface area contributed by atoms with E-state index in [-0.39, 0.29) is 40.9 Å². The third-order valence-corrected chi connectivity index (χ3v) is 10.2. The predicted octanol–water partition coefficient (Wildman–Crippen LogP) is 2.02. The fourth-order valence-corrected chi connectivity index (χ4v) is 7.62. The molecule has 1 unspecified atom stereocenters. The van der Waals surface area contributed by atoms with Gasteiger partial charge in [-0.3, -0.25) is 14.5 Å². The van der Waals surface area contributed by atoms with Gasteiger partial charge in [0.25, 0.3) is 15.9 Å². The van der Waals surface area contributed by atoms with E-state index in [1.165, 1.54) is 42.1 Å². The summed E-state index contributed by atoms with van der Waals surface area (Å²) in [7, 11) is 1.22. The number of amides is 1. The fraction of sp³-hybridized carbons (Fsp3) is 0.360. The third-order valence-electron chi connectivity index (χ3n) is 7.02. The van der Waals surface area contributed by atoms with Gasteiger partial charge in [0.1, 0.15) is 11.4 Å². The number of guanidine groups is 1. The second-order valence-electron chi connectivity index (χ2n) is 9.46. The number of carbonyl (C=O) groups excluding carboxylic acids is 1. The van der Waals surface area contributed by atoms with Crippen molar-refractivity contribution in [1.29, 1.82) is 5.41 Å². The molecule has 0 bridgehead atoms. The average molecular weight is 571 g/mol. The third kappa shape index (κ3) is 4.83. The van der Waals surface area contributed by atoms with Gasteiger partial charge in [-0.1, -0.05) is 13.0 Å². The van der Waals surface area contributed by atoms with Crippen LogP contribution in [0.25, 0.3) is 0 Å². The number of rotatable bonds is 8. The second kappa shape index (κ2) is 10.2. The Balaban J connectivity index is 1.42. The lowest BCUT2D eigenvalue weighted by Crippen LogP contribution is -2.67. The Morgan fingerprint density at radius 1 is 1.31 bits per heavy atom. The summed E-state index contributed by atoms with van der Waals surface area (Å²) in [6.07, 6.45) is 5.06. The van der Waals surface area contributed by atoms with Gasteiger partial charge in [0.15, 0.2) is 5.03 Å². The molecule has 3 N–H and O–H groups in total. The summed E-state index contributed by atoms with van der Waals surface area (Å²) in [6.45, 7) is 2.27. The van der Waals surface area contributed by atoms with Gasteiger partial charge in [-0.15, -0.1) is 0 Å². The molecule has 1 aliphatic heterocycles. The molecule has 1 saturated heterocycles. The van der Waals surface area contributed by atoms with Gasteiger partial charge in [0.2, 0.25) is 5.96 Å². The van der Waals surface area contributed by atoms with Crippen molar-refractivity contribution in [1.82, 2.24) is 28.5 Å². The highest BCUT2D eigenvalue weighted by atomic mass is 32.2. The number of benzene rings is 1. The Hall–Kier alpha value is -3.62. The summed E-state index contributed by atoms with van der Waals surface area (Å²) in [5.74, 6) is 0.425. The minimum atomic E-state index is -3.82. The van der Waals surface area contributed by atoms with E-state index in [1.807, 2.05) is 18.2 Å². The number of hydrogen-bond donors (Lipinski definition) is 3. The average Bonchev–Trinajstić information content (AvgIpc) is 3.36. The van der Waals surface area contributed by atoms with Gasteiger partial charge in [0, 0.05) is 45.5 Å². The molecule has 1 spiro atoms. The normalized spacial score (nSPS) is 20.4. The number of aryl methyl sites for hydroxylation is 1. The van der Waals surface area contributed by atoms with Crippen LogP contribution in [0.3, 0.4) is 0 Å². The molecule has 5 rings (SSSR count). The minimum Gasteiger partial charge on any atom is -0.495 e. The van der Waals surface area contributed by atoms with Gasteiger partial charge in [0.05, 0.1) is 30.4 Å². The molecule has 0 radical (unpaired) electrons. The molecule has 2 aliphatic rings. The monoisotopic (exact) mass is 570 g/mol. The van der Waals surface area contributed by atoms with Crippen LogP contribution in [-0.2, 0) is 29.0 Å². The van der Waals surface area contributed by atoms with Crippen LogP contribution in [0.15, 0.2) is 54.1 Å². The lowest BCUT2D eigenvalue weighted by molar-refractivity contribution is 0.102. The number of fused-ring (bicyclic) bond motifs is 2. The molecule has 1 aliphatic carbocycles. The largest absolute Gasteiger partial charge is 0.495 e. The number of pyridine rings is 1.